The molecule has 0 spiro atoms. The molecule has 4 N–H and O–H groups in total. The number of nitrogens with zero attached hydrogens (tertiary/aromatic N) is 8. The molecule has 16 nitrogen and oxygen atoms in total. The molecule has 4 aromatic heterocycles. The monoisotopic (exact) mass is 768 g/mol. The van der Waals surface area contributed by atoms with Crippen molar-refractivity contribution in [3.05, 3.63) is 69.1 Å². The Morgan fingerprint density at radius 3 is 1.52 bits per heavy atom. The molecular weight excluding hydrogens is 717 g/mol. The Labute approximate surface area is 325 Å². The molecule has 8 rings (SSSR count). The minimum atomic E-state index is -0.456. The summed E-state index contributed by atoms with van der Waals surface area (Å²) in [7, 11) is 0. The van der Waals surface area contributed by atoms with Gasteiger partial charge in [-0.1, -0.05) is 40.5 Å². The van der Waals surface area contributed by atoms with Gasteiger partial charge in [-0.15, -0.1) is 0 Å². The maximum absolute atomic E-state index is 14.1. The second-order valence-corrected chi connectivity index (χ2v) is 17.1. The van der Waals surface area contributed by atoms with Gasteiger partial charge in [0.05, 0.1) is 49.1 Å². The fourth-order valence-electron chi connectivity index (χ4n) is 10.1. The highest BCUT2D eigenvalue weighted by molar-refractivity contribution is 5.95. The number of hydrogen-bond acceptors (Lipinski definition) is 10. The third kappa shape index (κ3) is 6.59. The minimum Gasteiger partial charge on any atom is -0.618 e. The first-order valence-corrected chi connectivity index (χ1v) is 20.2. The molecule has 298 valence electrons. The van der Waals surface area contributed by atoms with Crippen LogP contribution in [0, 0.1) is 34.1 Å². The molecule has 0 radical (unpaired) electrons. The summed E-state index contributed by atoms with van der Waals surface area (Å²) in [4.78, 5) is 37.2. The molecule has 4 aromatic rings. The maximum Gasteiger partial charge on any atom is 0.339 e. The fraction of sp³-hybridized carbons (Fsp3) is 0.600. The smallest absolute Gasteiger partial charge is 0.339 e. The molecule has 0 aliphatic heterocycles. The van der Waals surface area contributed by atoms with Crippen LogP contribution in [0.25, 0.3) is 23.0 Å². The van der Waals surface area contributed by atoms with Crippen LogP contribution in [0.2, 0.25) is 0 Å². The lowest BCUT2D eigenvalue weighted by Gasteiger charge is -2.18. The predicted molar refractivity (Wildman–Crippen MR) is 203 cm³/mol. The number of aliphatic hydroxyl groups excluding tert-OH is 2. The highest BCUT2D eigenvalue weighted by Gasteiger charge is 2.47. The lowest BCUT2D eigenvalue weighted by atomic mass is 9.99. The third-order valence-corrected chi connectivity index (χ3v) is 12.3. The van der Waals surface area contributed by atoms with E-state index in [1.165, 1.54) is 24.8 Å². The van der Waals surface area contributed by atoms with Gasteiger partial charge in [-0.05, 0) is 75.0 Å². The summed E-state index contributed by atoms with van der Waals surface area (Å²) in [6, 6.07) is -0.912. The molecule has 6 atom stereocenters. The van der Waals surface area contributed by atoms with E-state index in [0.717, 1.165) is 61.0 Å². The molecule has 56 heavy (non-hydrogen) atoms. The Kier molecular flexibility index (Phi) is 10.3. The highest BCUT2D eigenvalue weighted by Crippen LogP contribution is 2.51. The molecular formula is C40H52N10O6. The summed E-state index contributed by atoms with van der Waals surface area (Å²) in [5, 5.41) is 64.0. The maximum atomic E-state index is 14.1. The number of carbonyl (C=O) groups excluding carboxylic acids is 2. The fourth-order valence-corrected chi connectivity index (χ4v) is 10.1. The van der Waals surface area contributed by atoms with Gasteiger partial charge in [-0.2, -0.15) is 19.7 Å². The van der Waals surface area contributed by atoms with E-state index in [1.807, 2.05) is 27.7 Å². The van der Waals surface area contributed by atoms with Crippen LogP contribution in [0.1, 0.15) is 134 Å². The topological polar surface area (TPSA) is 214 Å². The minimum absolute atomic E-state index is 0.0741. The molecule has 0 unspecified atom stereocenters. The Bertz CT molecular complexity index is 2000. The standard InChI is InChI=1S/C40H52N10O6/c1-21(2)15-25(19-51)43-39(53)31-29-17-23-7-5-9-27(23)33(29)49(45-31)37-35(47(55)13-11-41-37)36-38(42-12-14-48(36)56)50-34-28-10-6-8-24(28)18-30(34)32(46-50)40(54)44-26(20-52)16-22(3)4/h11-14,21-28,51-52H,5-10,15-20H2,1-4H3,(H,43,53)(H,44,54)/t23-,24-,25+,26+,27-,28-/m0/s1. The van der Waals surface area contributed by atoms with E-state index in [0.29, 0.717) is 47.0 Å². The molecule has 2 amide bonds. The molecule has 4 heterocycles. The zero-order valence-electron chi connectivity index (χ0n) is 32.5. The number of fused-ring (bicyclic) bond motifs is 6. The van der Waals surface area contributed by atoms with E-state index in [9.17, 15) is 30.2 Å². The molecule has 2 fully saturated rings. The van der Waals surface area contributed by atoms with Crippen LogP contribution in [0.3, 0.4) is 0 Å². The van der Waals surface area contributed by atoms with E-state index in [4.69, 9.17) is 10.2 Å². The van der Waals surface area contributed by atoms with Gasteiger partial charge in [0.1, 0.15) is 0 Å². The van der Waals surface area contributed by atoms with Crippen LogP contribution in [-0.2, 0) is 12.8 Å². The Morgan fingerprint density at radius 2 is 1.14 bits per heavy atom. The largest absolute Gasteiger partial charge is 0.618 e. The first-order valence-electron chi connectivity index (χ1n) is 20.2. The van der Waals surface area contributed by atoms with Crippen molar-refractivity contribution in [3.8, 4) is 23.0 Å². The van der Waals surface area contributed by atoms with Gasteiger partial charge in [0.25, 0.3) is 11.8 Å². The summed E-state index contributed by atoms with van der Waals surface area (Å²) in [5.74, 6) is 0.591. The number of carbonyl (C=O) groups is 2. The highest BCUT2D eigenvalue weighted by atomic mass is 16.5. The van der Waals surface area contributed by atoms with E-state index in [1.54, 1.807) is 9.36 Å². The molecule has 2 saturated carbocycles. The lowest BCUT2D eigenvalue weighted by Crippen LogP contribution is -2.40. The van der Waals surface area contributed by atoms with E-state index >= 15 is 0 Å². The molecule has 0 aromatic carbocycles. The second-order valence-electron chi connectivity index (χ2n) is 17.1. The number of amides is 2. The third-order valence-electron chi connectivity index (χ3n) is 12.3. The molecule has 0 bridgehead atoms. The van der Waals surface area contributed by atoms with Crippen LogP contribution >= 0.6 is 0 Å². The summed E-state index contributed by atoms with van der Waals surface area (Å²) in [6.07, 6.45) is 13.4. The van der Waals surface area contributed by atoms with E-state index < -0.39 is 23.9 Å². The Morgan fingerprint density at radius 1 is 0.732 bits per heavy atom. The van der Waals surface area contributed by atoms with Gasteiger partial charge in [0.2, 0.25) is 11.6 Å². The number of nitrogens with one attached hydrogen (secondary N) is 2. The van der Waals surface area contributed by atoms with Crippen LogP contribution in [-0.4, -0.2) is 76.9 Å². The number of hydrogen-bond donors (Lipinski definition) is 4. The zero-order chi connectivity index (χ0) is 39.4. The van der Waals surface area contributed by atoms with Crippen molar-refractivity contribution in [2.75, 3.05) is 13.2 Å². The van der Waals surface area contributed by atoms with Crippen LogP contribution < -0.4 is 20.1 Å². The number of rotatable bonds is 13. The van der Waals surface area contributed by atoms with Gasteiger partial charge < -0.3 is 31.3 Å². The molecule has 4 aliphatic carbocycles. The quantitative estimate of drug-likeness (QED) is 0.115. The van der Waals surface area contributed by atoms with Gasteiger partial charge in [-0.25, -0.2) is 19.3 Å². The van der Waals surface area contributed by atoms with Crippen LogP contribution in [0.4, 0.5) is 0 Å². The summed E-state index contributed by atoms with van der Waals surface area (Å²) >= 11 is 0. The van der Waals surface area contributed by atoms with Gasteiger partial charge >= 0.3 is 11.4 Å². The van der Waals surface area contributed by atoms with Crippen LogP contribution in [0.5, 0.6) is 0 Å². The van der Waals surface area contributed by atoms with Gasteiger partial charge in [0, 0.05) is 23.0 Å². The van der Waals surface area contributed by atoms with Crippen molar-refractivity contribution in [1.29, 1.82) is 0 Å². The van der Waals surface area contributed by atoms with Crippen molar-refractivity contribution in [2.24, 2.45) is 23.7 Å². The average Bonchev–Trinajstić information content (AvgIpc) is 3.99. The van der Waals surface area contributed by atoms with Crippen molar-refractivity contribution >= 4 is 11.8 Å². The second kappa shape index (κ2) is 15.2. The summed E-state index contributed by atoms with van der Waals surface area (Å²) < 4.78 is 4.29. The van der Waals surface area contributed by atoms with E-state index in [2.05, 4.69) is 20.6 Å². The van der Waals surface area contributed by atoms with Gasteiger partial charge in [-0.3, -0.25) is 9.59 Å². The van der Waals surface area contributed by atoms with Crippen molar-refractivity contribution in [2.45, 2.75) is 116 Å². The average molecular weight is 769 g/mol. The summed E-state index contributed by atoms with van der Waals surface area (Å²) in [6.45, 7) is 7.67. The molecule has 0 saturated heterocycles. The van der Waals surface area contributed by atoms with Crippen molar-refractivity contribution in [3.63, 3.8) is 0 Å². The first-order chi connectivity index (χ1) is 27.0. The van der Waals surface area contributed by atoms with Crippen molar-refractivity contribution < 1.29 is 29.3 Å². The molecule has 16 heteroatoms. The predicted octanol–water partition coefficient (Wildman–Crippen LogP) is 2.94. The van der Waals surface area contributed by atoms with Crippen LogP contribution in [0.15, 0.2) is 24.8 Å². The lowest BCUT2D eigenvalue weighted by molar-refractivity contribution is -0.625. The molecule has 4 aliphatic rings. The zero-order valence-corrected chi connectivity index (χ0v) is 32.5. The normalized spacial score (nSPS) is 21.9. The Hall–Kier alpha value is -4.96. The Balaban J connectivity index is 1.27. The van der Waals surface area contributed by atoms with E-state index in [-0.39, 0.29) is 71.3 Å². The number of aliphatic hydroxyl groups is 2. The van der Waals surface area contributed by atoms with Crippen molar-refractivity contribution in [1.82, 2.24) is 40.2 Å². The van der Waals surface area contributed by atoms with Gasteiger partial charge in [0.15, 0.2) is 23.8 Å². The number of aromatic nitrogens is 8. The summed E-state index contributed by atoms with van der Waals surface area (Å²) in [5.41, 5.74) is 3.39. The SMILES string of the molecule is CC(C)C[C@H](CO)NC(=O)c1nn(-c2ncc[n+]([O-])c2-c2c(-n3nc(C(=O)N[C@@H](CO)CC(C)C)c4c3[C@H]3CCC[C@H]3C4)ncc[n+]2[O-])c2c1C[C@@H]1CCC[C@H]21. The first kappa shape index (κ1) is 37.9.